The third-order valence-electron chi connectivity index (χ3n) is 22.8. The van der Waals surface area contributed by atoms with E-state index in [-0.39, 0.29) is 93.7 Å². The van der Waals surface area contributed by atoms with E-state index in [9.17, 15) is 40.2 Å². The second-order valence-electron chi connectivity index (χ2n) is 32.1. The summed E-state index contributed by atoms with van der Waals surface area (Å²) in [6.07, 6.45) is 8.97. The zero-order valence-corrected chi connectivity index (χ0v) is 65.5. The van der Waals surface area contributed by atoms with Crippen molar-refractivity contribution in [3.05, 3.63) is 230 Å². The third kappa shape index (κ3) is 14.6. The summed E-state index contributed by atoms with van der Waals surface area (Å²) in [6.45, 7) is 34.8. The Kier molecular flexibility index (Phi) is 21.5. The van der Waals surface area contributed by atoms with Crippen LogP contribution in [0, 0.1) is 65.2 Å². The predicted octanol–water partition coefficient (Wildman–Crippen LogP) is 15.8. The van der Waals surface area contributed by atoms with Crippen LogP contribution in [0.4, 0.5) is 0 Å². The van der Waals surface area contributed by atoms with E-state index in [1.807, 2.05) is 69.2 Å². The summed E-state index contributed by atoms with van der Waals surface area (Å²) in [7, 11) is 0. The van der Waals surface area contributed by atoms with Crippen LogP contribution in [-0.2, 0) is 35.3 Å². The molecule has 4 atom stereocenters. The second kappa shape index (κ2) is 30.6. The molecule has 6 aromatic carbocycles. The van der Waals surface area contributed by atoms with Gasteiger partial charge < -0.3 is 40.6 Å². The maximum Gasteiger partial charge on any atom is 0.166 e. The van der Waals surface area contributed by atoms with Gasteiger partial charge in [0, 0.05) is 118 Å². The predicted molar refractivity (Wildman–Crippen MR) is 436 cm³/mol. The molecule has 108 heavy (non-hydrogen) atoms. The Morgan fingerprint density at radius 2 is 0.833 bits per heavy atom. The lowest BCUT2D eigenvalue weighted by Crippen LogP contribution is -2.33. The van der Waals surface area contributed by atoms with Crippen molar-refractivity contribution >= 4 is 67.4 Å². The molecule has 0 radical (unpaired) electrons. The largest absolute Gasteiger partial charge is 0.508 e. The number of aromatic nitrogens is 2. The van der Waals surface area contributed by atoms with Gasteiger partial charge in [-0.15, -0.1) is 0 Å². The smallest absolute Gasteiger partial charge is 0.166 e. The van der Waals surface area contributed by atoms with Crippen molar-refractivity contribution in [2.45, 2.75) is 186 Å². The number of fused-ring (bicyclic) bond motifs is 10. The molecule has 0 bridgehead atoms. The number of H-pyrrole nitrogens is 2. The van der Waals surface area contributed by atoms with E-state index in [4.69, 9.17) is 30.0 Å². The highest BCUT2D eigenvalue weighted by molar-refractivity contribution is 6.11. The number of phenols is 4. The number of aromatic hydroxyl groups is 4. The SMILES string of the molecule is CC1=CC(O)=C(C(C)C)C(CC2=NCCC3=c4ccc(C)cc4=NC23)C1=O.CC1=CC(O)=C(C(C)C)C(CC2=NCCc3c2[nH]c2cc(C)ccc32)C1=O.Cc1ccc2c(c1)=NC1C(Cc3c(O)c(C)cc(O)c3C(C)C)=NCCC=21.Cc1ccc2c3c([nH]c2c1)C(Cc1c(O)c(C)cc(O)c1C(C)C)=NCC3. The third-order valence-corrected chi connectivity index (χ3v) is 22.8. The van der Waals surface area contributed by atoms with Crippen molar-refractivity contribution in [2.24, 2.45) is 53.6 Å². The summed E-state index contributed by atoms with van der Waals surface area (Å²) in [4.78, 5) is 61.9. The lowest BCUT2D eigenvalue weighted by atomic mass is 9.76. The first kappa shape index (κ1) is 75.7. The molecular formula is C92H104N8O8. The van der Waals surface area contributed by atoms with Crippen LogP contribution >= 0.6 is 0 Å². The van der Waals surface area contributed by atoms with Gasteiger partial charge in [0.1, 0.15) is 46.6 Å². The van der Waals surface area contributed by atoms with Crippen molar-refractivity contribution in [2.75, 3.05) is 26.2 Å². The number of ketones is 2. The number of aryl methyl sites for hydroxylation is 6. The number of benzene rings is 6. The fraction of sp³-hybridized carbons (Fsp3) is 0.391. The van der Waals surface area contributed by atoms with Crippen molar-refractivity contribution in [1.82, 2.24) is 9.97 Å². The summed E-state index contributed by atoms with van der Waals surface area (Å²) in [6, 6.07) is 29.0. The van der Waals surface area contributed by atoms with E-state index >= 15 is 0 Å². The molecular weight excluding hydrogens is 1350 g/mol. The van der Waals surface area contributed by atoms with Crippen molar-refractivity contribution < 1.29 is 40.2 Å². The summed E-state index contributed by atoms with van der Waals surface area (Å²) >= 11 is 0. The number of hydrogen-bond donors (Lipinski definition) is 8. The van der Waals surface area contributed by atoms with E-state index < -0.39 is 0 Å². The van der Waals surface area contributed by atoms with Gasteiger partial charge in [-0.2, -0.15) is 0 Å². The maximum atomic E-state index is 12.9. The number of aliphatic hydroxyl groups is 2. The molecule has 4 unspecified atom stereocenters. The van der Waals surface area contributed by atoms with Crippen molar-refractivity contribution in [1.29, 1.82) is 0 Å². The Morgan fingerprint density at radius 1 is 0.435 bits per heavy atom. The van der Waals surface area contributed by atoms with Crippen LogP contribution in [0.1, 0.15) is 185 Å². The molecule has 16 rings (SSSR count). The Labute approximate surface area is 633 Å². The van der Waals surface area contributed by atoms with Gasteiger partial charge in [-0.25, -0.2) is 0 Å². The van der Waals surface area contributed by atoms with Crippen LogP contribution < -0.4 is 21.2 Å². The van der Waals surface area contributed by atoms with Gasteiger partial charge in [-0.3, -0.25) is 39.5 Å². The van der Waals surface area contributed by atoms with E-state index in [1.54, 1.807) is 38.1 Å². The molecule has 6 aliphatic heterocycles. The minimum absolute atomic E-state index is 0.0439. The number of Topliss-reactive ketones (excluding diaryl/α,β-unsaturated/α-hetero) is 2. The van der Waals surface area contributed by atoms with Gasteiger partial charge in [0.2, 0.25) is 0 Å². The van der Waals surface area contributed by atoms with Gasteiger partial charge in [0.05, 0.1) is 45.4 Å². The molecule has 8 aliphatic rings. The second-order valence-corrected chi connectivity index (χ2v) is 32.1. The zero-order chi connectivity index (χ0) is 77.2. The highest BCUT2D eigenvalue weighted by Gasteiger charge is 2.39. The zero-order valence-electron chi connectivity index (χ0n) is 65.5. The number of phenolic OH excluding ortho intramolecular Hbond substituents is 4. The topological polar surface area (TPSA) is 261 Å². The molecule has 0 amide bonds. The monoisotopic (exact) mass is 1450 g/mol. The average molecular weight is 1450 g/mol. The number of allylic oxidation sites excluding steroid dienone is 6. The number of aliphatic imine (C=N–C) groups is 4. The Balaban J connectivity index is 0.000000127. The standard InChI is InChI=1S/4C23H26N2O2/c4*1-12(2)21-17(23(27)14(4)10-20(21)26)11-19-22-16(7-8-24-19)15-6-5-13(3)9-18(15)25-22/h5-6,9-10,12,25-27H,7-8,11H2,1-4H3;5-6,9-10,12,22,26-27H,7-8,11H2,1-4H3;5-6,9-10,12,17,25-26H,7-8,11H2,1-4H3;5-6,9-10,12,17,22,26H,7-8,11H2,1-4H3. The molecule has 16 nitrogen and oxygen atoms in total. The van der Waals surface area contributed by atoms with Crippen LogP contribution in [0.5, 0.6) is 23.0 Å². The van der Waals surface area contributed by atoms with E-state index in [0.29, 0.717) is 48.0 Å². The Morgan fingerprint density at radius 3 is 1.30 bits per heavy atom. The summed E-state index contributed by atoms with van der Waals surface area (Å²) in [5, 5.41) is 70.4. The average Bonchev–Trinajstić information content (AvgIpc) is 1.60. The van der Waals surface area contributed by atoms with Crippen molar-refractivity contribution in [3.63, 3.8) is 0 Å². The van der Waals surface area contributed by atoms with E-state index in [2.05, 4.69) is 110 Å². The molecule has 8 N–H and O–H groups in total. The minimum atomic E-state index is -0.340. The van der Waals surface area contributed by atoms with Gasteiger partial charge in [0.15, 0.2) is 11.6 Å². The van der Waals surface area contributed by atoms with Gasteiger partial charge >= 0.3 is 0 Å². The first-order valence-electron chi connectivity index (χ1n) is 38.6. The van der Waals surface area contributed by atoms with Crippen LogP contribution in [0.3, 0.4) is 0 Å². The molecule has 0 saturated carbocycles. The molecule has 8 heterocycles. The molecule has 8 aromatic rings. The molecule has 2 aliphatic carbocycles. The Bertz CT molecular complexity index is 5600. The lowest BCUT2D eigenvalue weighted by molar-refractivity contribution is -0.119. The summed E-state index contributed by atoms with van der Waals surface area (Å²) in [5.74, 6) is 1.46. The minimum Gasteiger partial charge on any atom is -0.508 e. The molecule has 560 valence electrons. The number of nitrogens with zero attached hydrogens (tertiary/aromatic N) is 6. The highest BCUT2D eigenvalue weighted by atomic mass is 16.3. The van der Waals surface area contributed by atoms with Crippen LogP contribution in [-0.4, -0.2) is 113 Å². The number of hydrogen-bond acceptors (Lipinski definition) is 14. The highest BCUT2D eigenvalue weighted by Crippen LogP contribution is 2.43. The number of aromatic amines is 2. The lowest BCUT2D eigenvalue weighted by Gasteiger charge is -2.29. The first-order chi connectivity index (χ1) is 51.5. The quantitative estimate of drug-likeness (QED) is 0.0544. The van der Waals surface area contributed by atoms with E-state index in [1.165, 1.54) is 65.7 Å². The van der Waals surface area contributed by atoms with Gasteiger partial charge in [0.25, 0.3) is 0 Å². The Hall–Kier alpha value is -10.5. The molecule has 0 spiro atoms. The first-order valence-corrected chi connectivity index (χ1v) is 38.6. The number of aliphatic hydroxyl groups excluding tert-OH is 2. The fourth-order valence-corrected chi connectivity index (χ4v) is 17.7. The van der Waals surface area contributed by atoms with Crippen LogP contribution in [0.25, 0.3) is 33.0 Å². The summed E-state index contributed by atoms with van der Waals surface area (Å²) in [5.41, 5.74) is 25.8. The van der Waals surface area contributed by atoms with Crippen LogP contribution in [0.2, 0.25) is 0 Å². The number of carbonyl (C=O) groups excluding carboxylic acids is 2. The molecule has 2 aromatic heterocycles. The molecule has 16 heteroatoms. The molecule has 0 saturated heterocycles. The number of nitrogens with one attached hydrogen (secondary N) is 2. The number of carbonyl (C=O) groups is 2. The maximum absolute atomic E-state index is 12.9. The number of rotatable bonds is 12. The fourth-order valence-electron chi connectivity index (χ4n) is 17.7. The molecule has 0 fully saturated rings. The summed E-state index contributed by atoms with van der Waals surface area (Å²) < 4.78 is 0. The van der Waals surface area contributed by atoms with Crippen LogP contribution in [0.15, 0.2) is 161 Å². The van der Waals surface area contributed by atoms with Gasteiger partial charge in [-0.1, -0.05) is 104 Å². The normalized spacial score (nSPS) is 19.2. The van der Waals surface area contributed by atoms with Gasteiger partial charge in [-0.05, 0) is 231 Å². The van der Waals surface area contributed by atoms with Crippen molar-refractivity contribution in [3.8, 4) is 23.0 Å². The van der Waals surface area contributed by atoms with E-state index in [0.717, 1.165) is 141 Å².